The third-order valence-corrected chi connectivity index (χ3v) is 3.96. The number of carbonyl (C=O) groups excluding carboxylic acids is 1. The number of nitro benzene ring substituents is 1. The van der Waals surface area contributed by atoms with Crippen molar-refractivity contribution in [1.29, 1.82) is 0 Å². The molecule has 1 N–H and O–H groups in total. The maximum absolute atomic E-state index is 12.1. The van der Waals surface area contributed by atoms with Crippen LogP contribution < -0.4 is 5.32 Å². The van der Waals surface area contributed by atoms with Gasteiger partial charge in [-0.05, 0) is 44.3 Å². The molecule has 6 nitrogen and oxygen atoms in total. The van der Waals surface area contributed by atoms with Gasteiger partial charge in [-0.25, -0.2) is 0 Å². The van der Waals surface area contributed by atoms with Crippen molar-refractivity contribution in [2.45, 2.75) is 26.7 Å². The lowest BCUT2D eigenvalue weighted by atomic mass is 9.99. The SMILES string of the molecule is Cc1cccc([N+](=O)[O-])c1NC(=O)CN1CCC(C)CC1. The zero-order valence-electron chi connectivity index (χ0n) is 12.5. The van der Waals surface area contributed by atoms with Crippen molar-refractivity contribution in [2.75, 3.05) is 25.0 Å². The van der Waals surface area contributed by atoms with Crippen LogP contribution in [0.4, 0.5) is 11.4 Å². The Kier molecular flexibility index (Phi) is 4.90. The van der Waals surface area contributed by atoms with Gasteiger partial charge in [0.2, 0.25) is 5.91 Å². The van der Waals surface area contributed by atoms with E-state index in [2.05, 4.69) is 17.1 Å². The van der Waals surface area contributed by atoms with Gasteiger partial charge in [0.05, 0.1) is 11.5 Å². The second-order valence-electron chi connectivity index (χ2n) is 5.73. The number of carbonyl (C=O) groups is 1. The molecule has 2 rings (SSSR count). The van der Waals surface area contributed by atoms with Gasteiger partial charge in [0, 0.05) is 6.07 Å². The molecule has 0 aromatic heterocycles. The zero-order valence-corrected chi connectivity index (χ0v) is 12.5. The molecule has 0 atom stereocenters. The number of hydrogen-bond acceptors (Lipinski definition) is 4. The lowest BCUT2D eigenvalue weighted by Gasteiger charge is -2.29. The van der Waals surface area contributed by atoms with Crippen molar-refractivity contribution < 1.29 is 9.72 Å². The van der Waals surface area contributed by atoms with E-state index in [9.17, 15) is 14.9 Å². The number of hydrogen-bond donors (Lipinski definition) is 1. The Morgan fingerprint density at radius 3 is 2.71 bits per heavy atom. The minimum atomic E-state index is -0.467. The van der Waals surface area contributed by atoms with E-state index in [1.54, 1.807) is 19.1 Å². The number of para-hydroxylation sites is 1. The van der Waals surface area contributed by atoms with Crippen molar-refractivity contribution in [3.8, 4) is 0 Å². The van der Waals surface area contributed by atoms with Crippen LogP contribution in [0.15, 0.2) is 18.2 Å². The molecule has 1 aliphatic rings. The van der Waals surface area contributed by atoms with Gasteiger partial charge in [0.1, 0.15) is 5.69 Å². The van der Waals surface area contributed by atoms with E-state index in [1.165, 1.54) is 6.07 Å². The van der Waals surface area contributed by atoms with Gasteiger partial charge in [-0.2, -0.15) is 0 Å². The Bertz CT molecular complexity index is 537. The molecule has 0 spiro atoms. The summed E-state index contributed by atoms with van der Waals surface area (Å²) in [5.74, 6) is 0.517. The van der Waals surface area contributed by atoms with E-state index < -0.39 is 4.92 Å². The number of likely N-dealkylation sites (tertiary alicyclic amines) is 1. The molecular weight excluding hydrogens is 270 g/mol. The number of amides is 1. The van der Waals surface area contributed by atoms with E-state index in [-0.39, 0.29) is 18.1 Å². The summed E-state index contributed by atoms with van der Waals surface area (Å²) in [5, 5.41) is 13.7. The fourth-order valence-electron chi connectivity index (χ4n) is 2.57. The first-order chi connectivity index (χ1) is 9.97. The molecule has 1 aliphatic heterocycles. The number of aryl methyl sites for hydroxylation is 1. The normalized spacial score (nSPS) is 16.7. The minimum Gasteiger partial charge on any atom is -0.319 e. The molecule has 6 heteroatoms. The largest absolute Gasteiger partial charge is 0.319 e. The number of nitrogens with zero attached hydrogens (tertiary/aromatic N) is 2. The topological polar surface area (TPSA) is 75.5 Å². The molecule has 21 heavy (non-hydrogen) atoms. The lowest BCUT2D eigenvalue weighted by molar-refractivity contribution is -0.384. The van der Waals surface area contributed by atoms with Crippen LogP contribution >= 0.6 is 0 Å². The van der Waals surface area contributed by atoms with Crippen LogP contribution in [-0.2, 0) is 4.79 Å². The highest BCUT2D eigenvalue weighted by molar-refractivity contribution is 5.95. The maximum Gasteiger partial charge on any atom is 0.293 e. The van der Waals surface area contributed by atoms with Gasteiger partial charge in [-0.15, -0.1) is 0 Å². The average molecular weight is 291 g/mol. The van der Waals surface area contributed by atoms with E-state index in [4.69, 9.17) is 0 Å². The van der Waals surface area contributed by atoms with Gasteiger partial charge in [0.15, 0.2) is 0 Å². The number of piperidine rings is 1. The first-order valence-electron chi connectivity index (χ1n) is 7.23. The average Bonchev–Trinajstić information content (AvgIpc) is 2.43. The Hall–Kier alpha value is -1.95. The highest BCUT2D eigenvalue weighted by Crippen LogP contribution is 2.27. The number of benzene rings is 1. The maximum atomic E-state index is 12.1. The molecule has 1 aromatic carbocycles. The molecule has 0 radical (unpaired) electrons. The molecule has 1 aromatic rings. The van der Waals surface area contributed by atoms with E-state index in [0.29, 0.717) is 17.2 Å². The van der Waals surface area contributed by atoms with Crippen LogP contribution in [0.25, 0.3) is 0 Å². The zero-order chi connectivity index (χ0) is 15.4. The van der Waals surface area contributed by atoms with Gasteiger partial charge in [-0.3, -0.25) is 19.8 Å². The summed E-state index contributed by atoms with van der Waals surface area (Å²) in [7, 11) is 0. The Labute approximate surface area is 124 Å². The van der Waals surface area contributed by atoms with Crippen LogP contribution in [0.1, 0.15) is 25.3 Å². The molecule has 0 aliphatic carbocycles. The second kappa shape index (κ2) is 6.67. The first-order valence-corrected chi connectivity index (χ1v) is 7.23. The van der Waals surface area contributed by atoms with Crippen molar-refractivity contribution in [3.05, 3.63) is 33.9 Å². The molecule has 1 heterocycles. The lowest BCUT2D eigenvalue weighted by Crippen LogP contribution is -2.38. The van der Waals surface area contributed by atoms with Gasteiger partial charge in [-0.1, -0.05) is 19.1 Å². The van der Waals surface area contributed by atoms with E-state index in [0.717, 1.165) is 25.9 Å². The number of rotatable bonds is 4. The van der Waals surface area contributed by atoms with E-state index >= 15 is 0 Å². The summed E-state index contributed by atoms with van der Waals surface area (Å²) < 4.78 is 0. The Morgan fingerprint density at radius 2 is 2.10 bits per heavy atom. The number of anilines is 1. The quantitative estimate of drug-likeness (QED) is 0.683. The standard InChI is InChI=1S/C15H21N3O3/c1-11-6-8-17(9-7-11)10-14(19)16-15-12(2)4-3-5-13(15)18(20)21/h3-5,11H,6-10H2,1-2H3,(H,16,19). The molecule has 1 saturated heterocycles. The van der Waals surface area contributed by atoms with Crippen LogP contribution in [0.5, 0.6) is 0 Å². The molecular formula is C15H21N3O3. The van der Waals surface area contributed by atoms with Crippen LogP contribution in [0.2, 0.25) is 0 Å². The monoisotopic (exact) mass is 291 g/mol. The highest BCUT2D eigenvalue weighted by atomic mass is 16.6. The predicted molar refractivity (Wildman–Crippen MR) is 81.3 cm³/mol. The smallest absolute Gasteiger partial charge is 0.293 e. The summed E-state index contributed by atoms with van der Waals surface area (Å²) in [6.07, 6.45) is 2.19. The fourth-order valence-corrected chi connectivity index (χ4v) is 2.57. The summed E-state index contributed by atoms with van der Waals surface area (Å²) >= 11 is 0. The Balaban J connectivity index is 2.01. The van der Waals surface area contributed by atoms with Gasteiger partial charge in [0.25, 0.3) is 5.69 Å². The molecule has 0 saturated carbocycles. The molecule has 0 unspecified atom stereocenters. The van der Waals surface area contributed by atoms with Crippen LogP contribution in [-0.4, -0.2) is 35.4 Å². The third kappa shape index (κ3) is 4.01. The second-order valence-corrected chi connectivity index (χ2v) is 5.73. The van der Waals surface area contributed by atoms with Crippen LogP contribution in [0, 0.1) is 23.0 Å². The molecule has 1 fully saturated rings. The predicted octanol–water partition coefficient (Wildman–Crippen LogP) is 2.57. The van der Waals surface area contributed by atoms with Crippen molar-refractivity contribution >= 4 is 17.3 Å². The van der Waals surface area contributed by atoms with Crippen molar-refractivity contribution in [2.24, 2.45) is 5.92 Å². The summed E-state index contributed by atoms with van der Waals surface area (Å²) in [6, 6.07) is 4.78. The number of nitro groups is 1. The van der Waals surface area contributed by atoms with Gasteiger partial charge >= 0.3 is 0 Å². The highest BCUT2D eigenvalue weighted by Gasteiger charge is 2.21. The van der Waals surface area contributed by atoms with Gasteiger partial charge < -0.3 is 5.32 Å². The third-order valence-electron chi connectivity index (χ3n) is 3.96. The summed E-state index contributed by atoms with van der Waals surface area (Å²) in [5.41, 5.74) is 0.943. The molecule has 0 bridgehead atoms. The number of nitrogens with one attached hydrogen (secondary N) is 1. The molecule has 114 valence electrons. The summed E-state index contributed by atoms with van der Waals surface area (Å²) in [4.78, 5) is 24.8. The van der Waals surface area contributed by atoms with E-state index in [1.807, 2.05) is 0 Å². The molecule has 1 amide bonds. The summed E-state index contributed by atoms with van der Waals surface area (Å²) in [6.45, 7) is 6.08. The fraction of sp³-hybridized carbons (Fsp3) is 0.533. The first kappa shape index (κ1) is 15.4. The Morgan fingerprint density at radius 1 is 1.43 bits per heavy atom. The minimum absolute atomic E-state index is 0.0596. The van der Waals surface area contributed by atoms with Crippen LogP contribution in [0.3, 0.4) is 0 Å². The van der Waals surface area contributed by atoms with Crippen molar-refractivity contribution in [1.82, 2.24) is 4.90 Å². The van der Waals surface area contributed by atoms with Crippen molar-refractivity contribution in [3.63, 3.8) is 0 Å².